The van der Waals surface area contributed by atoms with Crippen LogP contribution in [0.4, 0.5) is 5.13 Å². The van der Waals surface area contributed by atoms with Crippen LogP contribution in [0.25, 0.3) is 0 Å². The molecule has 2 N–H and O–H groups in total. The number of thiazole rings is 1. The Labute approximate surface area is 76.5 Å². The zero-order chi connectivity index (χ0) is 8.97. The fourth-order valence-electron chi connectivity index (χ4n) is 0.850. The molecule has 0 aliphatic heterocycles. The molecule has 12 heavy (non-hydrogen) atoms. The zero-order valence-electron chi connectivity index (χ0n) is 7.37. The van der Waals surface area contributed by atoms with Crippen molar-refractivity contribution in [3.8, 4) is 0 Å². The van der Waals surface area contributed by atoms with Crippen molar-refractivity contribution < 1.29 is 5.11 Å². The molecular weight excluding hydrogens is 172 g/mol. The zero-order valence-corrected chi connectivity index (χ0v) is 8.19. The van der Waals surface area contributed by atoms with E-state index in [4.69, 9.17) is 5.11 Å². The van der Waals surface area contributed by atoms with Crippen molar-refractivity contribution in [1.29, 1.82) is 0 Å². The molecule has 0 unspecified atom stereocenters. The van der Waals surface area contributed by atoms with Crippen LogP contribution in [-0.2, 0) is 6.42 Å². The van der Waals surface area contributed by atoms with E-state index in [-0.39, 0.29) is 6.61 Å². The average Bonchev–Trinajstić information content (AvgIpc) is 2.36. The van der Waals surface area contributed by atoms with E-state index < -0.39 is 0 Å². The molecule has 0 aliphatic rings. The monoisotopic (exact) mass is 186 g/mol. The quantitative estimate of drug-likeness (QED) is 0.749. The molecule has 0 spiro atoms. The van der Waals surface area contributed by atoms with Crippen LogP contribution in [0.2, 0.25) is 0 Å². The molecule has 68 valence electrons. The van der Waals surface area contributed by atoms with E-state index in [1.807, 2.05) is 5.38 Å². The Morgan fingerprint density at radius 3 is 3.00 bits per heavy atom. The highest BCUT2D eigenvalue weighted by molar-refractivity contribution is 7.13. The third-order valence-electron chi connectivity index (χ3n) is 1.33. The number of aromatic nitrogens is 1. The highest BCUT2D eigenvalue weighted by atomic mass is 32.1. The van der Waals surface area contributed by atoms with Crippen LogP contribution in [0.3, 0.4) is 0 Å². The molecule has 0 saturated heterocycles. The molecule has 0 saturated carbocycles. The second kappa shape index (κ2) is 4.42. The standard InChI is InChI=1S/C8H14N2OS/c1-6(2)9-8-10-7(3-4-11)5-12-8/h5-6,11H,3-4H2,1-2H3,(H,9,10). The van der Waals surface area contributed by atoms with Crippen molar-refractivity contribution in [1.82, 2.24) is 4.98 Å². The van der Waals surface area contributed by atoms with E-state index in [1.54, 1.807) is 11.3 Å². The molecule has 1 rings (SSSR count). The summed E-state index contributed by atoms with van der Waals surface area (Å²) in [5.74, 6) is 0. The Morgan fingerprint density at radius 1 is 1.67 bits per heavy atom. The summed E-state index contributed by atoms with van der Waals surface area (Å²) >= 11 is 1.58. The normalized spacial score (nSPS) is 10.7. The SMILES string of the molecule is CC(C)Nc1nc(CCO)cs1. The second-order valence-corrected chi connectivity index (χ2v) is 3.77. The smallest absolute Gasteiger partial charge is 0.183 e. The Balaban J connectivity index is 2.52. The van der Waals surface area contributed by atoms with Crippen molar-refractivity contribution in [3.63, 3.8) is 0 Å². The maximum atomic E-state index is 8.66. The number of anilines is 1. The fourth-order valence-corrected chi connectivity index (χ4v) is 1.74. The van der Waals surface area contributed by atoms with Gasteiger partial charge in [-0.25, -0.2) is 4.98 Å². The summed E-state index contributed by atoms with van der Waals surface area (Å²) in [6, 6.07) is 0.415. The van der Waals surface area contributed by atoms with Crippen LogP contribution < -0.4 is 5.32 Å². The number of nitrogens with zero attached hydrogens (tertiary/aromatic N) is 1. The van der Waals surface area contributed by atoms with Crippen LogP contribution >= 0.6 is 11.3 Å². The molecule has 1 aromatic rings. The number of hydrogen-bond acceptors (Lipinski definition) is 4. The molecule has 1 heterocycles. The van der Waals surface area contributed by atoms with Crippen LogP contribution in [-0.4, -0.2) is 22.7 Å². The lowest BCUT2D eigenvalue weighted by molar-refractivity contribution is 0.298. The summed E-state index contributed by atoms with van der Waals surface area (Å²) in [6.07, 6.45) is 0.649. The minimum absolute atomic E-state index is 0.171. The number of rotatable bonds is 4. The third-order valence-corrected chi connectivity index (χ3v) is 2.15. The van der Waals surface area contributed by atoms with Gasteiger partial charge in [0.1, 0.15) is 0 Å². The maximum Gasteiger partial charge on any atom is 0.183 e. The van der Waals surface area contributed by atoms with Gasteiger partial charge >= 0.3 is 0 Å². The summed E-state index contributed by atoms with van der Waals surface area (Å²) in [7, 11) is 0. The van der Waals surface area contributed by atoms with Gasteiger partial charge in [0.05, 0.1) is 5.69 Å². The van der Waals surface area contributed by atoms with E-state index in [1.165, 1.54) is 0 Å². The molecule has 0 atom stereocenters. The first-order valence-electron chi connectivity index (χ1n) is 4.04. The number of nitrogens with one attached hydrogen (secondary N) is 1. The van der Waals surface area contributed by atoms with E-state index in [9.17, 15) is 0 Å². The summed E-state index contributed by atoms with van der Waals surface area (Å²) < 4.78 is 0. The van der Waals surface area contributed by atoms with Gasteiger partial charge in [0, 0.05) is 24.4 Å². The van der Waals surface area contributed by atoms with Crippen LogP contribution in [0.1, 0.15) is 19.5 Å². The third kappa shape index (κ3) is 2.79. The number of aliphatic hydroxyl groups is 1. The highest BCUT2D eigenvalue weighted by Crippen LogP contribution is 2.16. The predicted octanol–water partition coefficient (Wildman–Crippen LogP) is 1.50. The topological polar surface area (TPSA) is 45.2 Å². The summed E-state index contributed by atoms with van der Waals surface area (Å²) in [4.78, 5) is 4.29. The predicted molar refractivity (Wildman–Crippen MR) is 51.7 cm³/mol. The van der Waals surface area contributed by atoms with Crippen molar-refractivity contribution in [2.75, 3.05) is 11.9 Å². The molecule has 0 fully saturated rings. The molecule has 0 aromatic carbocycles. The lowest BCUT2D eigenvalue weighted by atomic mass is 10.4. The minimum atomic E-state index is 0.171. The van der Waals surface area contributed by atoms with Crippen molar-refractivity contribution in [2.24, 2.45) is 0 Å². The van der Waals surface area contributed by atoms with Gasteiger partial charge in [-0.3, -0.25) is 0 Å². The molecule has 1 aromatic heterocycles. The van der Waals surface area contributed by atoms with Gasteiger partial charge in [0.25, 0.3) is 0 Å². The molecule has 0 aliphatic carbocycles. The highest BCUT2D eigenvalue weighted by Gasteiger charge is 2.01. The van der Waals surface area contributed by atoms with Gasteiger partial charge < -0.3 is 10.4 Å². The van der Waals surface area contributed by atoms with Gasteiger partial charge in [0.15, 0.2) is 5.13 Å². The van der Waals surface area contributed by atoms with E-state index in [2.05, 4.69) is 24.1 Å². The fraction of sp³-hybridized carbons (Fsp3) is 0.625. The lowest BCUT2D eigenvalue weighted by Gasteiger charge is -2.04. The Bertz CT molecular complexity index is 235. The largest absolute Gasteiger partial charge is 0.396 e. The van der Waals surface area contributed by atoms with E-state index in [0.29, 0.717) is 12.5 Å². The van der Waals surface area contributed by atoms with Gasteiger partial charge in [-0.2, -0.15) is 0 Å². The van der Waals surface area contributed by atoms with E-state index >= 15 is 0 Å². The molecule has 0 radical (unpaired) electrons. The van der Waals surface area contributed by atoms with Gasteiger partial charge in [-0.05, 0) is 13.8 Å². The first-order chi connectivity index (χ1) is 5.72. The van der Waals surface area contributed by atoms with Gasteiger partial charge in [-0.1, -0.05) is 0 Å². The van der Waals surface area contributed by atoms with Crippen LogP contribution in [0.15, 0.2) is 5.38 Å². The summed E-state index contributed by atoms with van der Waals surface area (Å²) in [5, 5.41) is 14.8. The lowest BCUT2D eigenvalue weighted by Crippen LogP contribution is -2.09. The van der Waals surface area contributed by atoms with Gasteiger partial charge in [0.2, 0.25) is 0 Å². The number of aliphatic hydroxyl groups excluding tert-OH is 1. The van der Waals surface area contributed by atoms with Crippen LogP contribution in [0.5, 0.6) is 0 Å². The van der Waals surface area contributed by atoms with Crippen LogP contribution in [0, 0.1) is 0 Å². The minimum Gasteiger partial charge on any atom is -0.396 e. The molecule has 4 heteroatoms. The summed E-state index contributed by atoms with van der Waals surface area (Å²) in [6.45, 7) is 4.32. The first kappa shape index (κ1) is 9.48. The van der Waals surface area contributed by atoms with E-state index in [0.717, 1.165) is 10.8 Å². The molecular formula is C8H14N2OS. The molecule has 3 nitrogen and oxygen atoms in total. The maximum absolute atomic E-state index is 8.66. The van der Waals surface area contributed by atoms with Crippen molar-refractivity contribution in [3.05, 3.63) is 11.1 Å². The first-order valence-corrected chi connectivity index (χ1v) is 4.92. The summed E-state index contributed by atoms with van der Waals surface area (Å²) in [5.41, 5.74) is 0.964. The Morgan fingerprint density at radius 2 is 2.42 bits per heavy atom. The molecule has 0 bridgehead atoms. The second-order valence-electron chi connectivity index (χ2n) is 2.92. The van der Waals surface area contributed by atoms with Gasteiger partial charge in [-0.15, -0.1) is 11.3 Å². The van der Waals surface area contributed by atoms with Crippen molar-refractivity contribution in [2.45, 2.75) is 26.3 Å². The number of hydrogen-bond donors (Lipinski definition) is 2. The molecule has 0 amide bonds. The average molecular weight is 186 g/mol. The van der Waals surface area contributed by atoms with Crippen molar-refractivity contribution >= 4 is 16.5 Å². The Hall–Kier alpha value is -0.610. The Kier molecular flexibility index (Phi) is 3.49.